The van der Waals surface area contributed by atoms with Gasteiger partial charge in [0.25, 0.3) is 5.91 Å². The number of aryl methyl sites for hydroxylation is 2. The zero-order chi connectivity index (χ0) is 26.2. The summed E-state index contributed by atoms with van der Waals surface area (Å²) in [6.07, 6.45) is 3.71. The highest BCUT2D eigenvalue weighted by molar-refractivity contribution is 5.96. The monoisotopic (exact) mass is 487 g/mol. The van der Waals surface area contributed by atoms with Gasteiger partial charge in [0, 0.05) is 36.1 Å². The lowest BCUT2D eigenvalue weighted by Gasteiger charge is -2.34. The third-order valence-electron chi connectivity index (χ3n) is 7.29. The molecule has 2 unspecified atom stereocenters. The average Bonchev–Trinajstić information content (AvgIpc) is 3.32. The van der Waals surface area contributed by atoms with Crippen LogP contribution in [-0.4, -0.2) is 44.8 Å². The first-order chi connectivity index (χ1) is 17.2. The van der Waals surface area contributed by atoms with Crippen LogP contribution in [0.25, 0.3) is 0 Å². The van der Waals surface area contributed by atoms with Gasteiger partial charge in [-0.25, -0.2) is 0 Å². The SMILES string of the molecule is CCC(C)N(Cc1cccn1Cc1ccccc1C)C(=O)CN(C(=O)c1ccc(C)cc1)C(C)CC. The second kappa shape index (κ2) is 12.6. The average molecular weight is 488 g/mol. The van der Waals surface area contributed by atoms with E-state index in [-0.39, 0.29) is 30.4 Å². The van der Waals surface area contributed by atoms with E-state index in [0.717, 1.165) is 30.6 Å². The van der Waals surface area contributed by atoms with Crippen LogP contribution in [0.4, 0.5) is 0 Å². The lowest BCUT2D eigenvalue weighted by atomic mass is 10.1. The first kappa shape index (κ1) is 27.3. The van der Waals surface area contributed by atoms with Gasteiger partial charge in [-0.15, -0.1) is 0 Å². The molecule has 3 aromatic rings. The highest BCUT2D eigenvalue weighted by atomic mass is 16.2. The maximum absolute atomic E-state index is 13.7. The Labute approximate surface area is 216 Å². The van der Waals surface area contributed by atoms with E-state index in [4.69, 9.17) is 0 Å². The molecule has 36 heavy (non-hydrogen) atoms. The van der Waals surface area contributed by atoms with Crippen LogP contribution in [0.15, 0.2) is 66.9 Å². The molecule has 0 bridgehead atoms. The van der Waals surface area contributed by atoms with Crippen LogP contribution in [-0.2, 0) is 17.9 Å². The maximum atomic E-state index is 13.7. The van der Waals surface area contributed by atoms with Crippen LogP contribution in [0.2, 0.25) is 0 Å². The van der Waals surface area contributed by atoms with E-state index < -0.39 is 0 Å². The Morgan fingerprint density at radius 1 is 0.833 bits per heavy atom. The Kier molecular flexibility index (Phi) is 9.51. The molecule has 1 aromatic heterocycles. The molecule has 0 aliphatic heterocycles. The van der Waals surface area contributed by atoms with Gasteiger partial charge in [0.15, 0.2) is 0 Å². The molecule has 0 aliphatic rings. The zero-order valence-corrected chi connectivity index (χ0v) is 22.7. The number of hydrogen-bond donors (Lipinski definition) is 0. The molecule has 0 radical (unpaired) electrons. The maximum Gasteiger partial charge on any atom is 0.254 e. The van der Waals surface area contributed by atoms with Gasteiger partial charge in [0.1, 0.15) is 6.54 Å². The smallest absolute Gasteiger partial charge is 0.254 e. The predicted molar refractivity (Wildman–Crippen MR) is 147 cm³/mol. The number of carbonyl (C=O) groups excluding carboxylic acids is 2. The summed E-state index contributed by atoms with van der Waals surface area (Å²) in [6.45, 7) is 13.7. The minimum absolute atomic E-state index is 0.0197. The summed E-state index contributed by atoms with van der Waals surface area (Å²) in [5, 5.41) is 0. The molecule has 192 valence electrons. The Morgan fingerprint density at radius 3 is 2.11 bits per heavy atom. The summed E-state index contributed by atoms with van der Waals surface area (Å²) < 4.78 is 2.22. The first-order valence-electron chi connectivity index (χ1n) is 13.1. The molecule has 0 fully saturated rings. The van der Waals surface area contributed by atoms with Crippen molar-refractivity contribution in [3.63, 3.8) is 0 Å². The normalized spacial score (nSPS) is 12.7. The van der Waals surface area contributed by atoms with E-state index in [9.17, 15) is 9.59 Å². The largest absolute Gasteiger partial charge is 0.345 e. The third-order valence-corrected chi connectivity index (χ3v) is 7.29. The highest BCUT2D eigenvalue weighted by Gasteiger charge is 2.28. The standard InChI is InChI=1S/C31H41N3O2/c1-7-25(5)33(21-29-14-11-19-32(29)20-28-13-10-9-12-24(28)4)30(35)22-34(26(6)8-2)31(36)27-17-15-23(3)16-18-27/h9-19,25-26H,7-8,20-22H2,1-6H3. The number of benzene rings is 2. The summed E-state index contributed by atoms with van der Waals surface area (Å²) >= 11 is 0. The van der Waals surface area contributed by atoms with Gasteiger partial charge in [0.05, 0.1) is 6.54 Å². The Balaban J connectivity index is 1.82. The number of amides is 2. The molecule has 0 aliphatic carbocycles. The molecule has 0 spiro atoms. The van der Waals surface area contributed by atoms with Crippen molar-refractivity contribution in [2.45, 2.75) is 79.6 Å². The Morgan fingerprint density at radius 2 is 1.47 bits per heavy atom. The first-order valence-corrected chi connectivity index (χ1v) is 13.1. The van der Waals surface area contributed by atoms with Crippen molar-refractivity contribution in [3.8, 4) is 0 Å². The van der Waals surface area contributed by atoms with Crippen LogP contribution in [0.1, 0.15) is 73.3 Å². The molecular formula is C31H41N3O2. The molecule has 0 saturated heterocycles. The molecule has 3 rings (SSSR count). The van der Waals surface area contributed by atoms with Gasteiger partial charge in [-0.05, 0) is 75.9 Å². The van der Waals surface area contributed by atoms with Crippen molar-refractivity contribution < 1.29 is 9.59 Å². The predicted octanol–water partition coefficient (Wildman–Crippen LogP) is 6.22. The van der Waals surface area contributed by atoms with Crippen LogP contribution in [0.5, 0.6) is 0 Å². The third kappa shape index (κ3) is 6.66. The fourth-order valence-electron chi connectivity index (χ4n) is 4.35. The molecule has 2 amide bonds. The number of aromatic nitrogens is 1. The number of hydrogen-bond acceptors (Lipinski definition) is 2. The van der Waals surface area contributed by atoms with Gasteiger partial charge in [0.2, 0.25) is 5.91 Å². The van der Waals surface area contributed by atoms with Crippen molar-refractivity contribution in [3.05, 3.63) is 94.8 Å². The van der Waals surface area contributed by atoms with E-state index in [1.165, 1.54) is 11.1 Å². The minimum Gasteiger partial charge on any atom is -0.345 e. The van der Waals surface area contributed by atoms with Crippen LogP contribution in [0.3, 0.4) is 0 Å². The molecule has 5 nitrogen and oxygen atoms in total. The second-order valence-corrected chi connectivity index (χ2v) is 9.89. The van der Waals surface area contributed by atoms with Crippen LogP contribution < -0.4 is 0 Å². The minimum atomic E-state index is -0.0928. The van der Waals surface area contributed by atoms with Crippen molar-refractivity contribution >= 4 is 11.8 Å². The van der Waals surface area contributed by atoms with Crippen LogP contribution >= 0.6 is 0 Å². The van der Waals surface area contributed by atoms with E-state index in [1.807, 2.05) is 49.1 Å². The summed E-state index contributed by atoms with van der Waals surface area (Å²) in [5.41, 5.74) is 5.34. The van der Waals surface area contributed by atoms with Crippen molar-refractivity contribution in [1.29, 1.82) is 0 Å². The molecule has 2 aromatic carbocycles. The van der Waals surface area contributed by atoms with E-state index in [2.05, 4.69) is 68.8 Å². The summed E-state index contributed by atoms with van der Waals surface area (Å²) in [4.78, 5) is 30.8. The molecule has 0 saturated carbocycles. The van der Waals surface area contributed by atoms with Crippen molar-refractivity contribution in [1.82, 2.24) is 14.4 Å². The van der Waals surface area contributed by atoms with Gasteiger partial charge in [-0.1, -0.05) is 55.8 Å². The van der Waals surface area contributed by atoms with Crippen molar-refractivity contribution in [2.24, 2.45) is 0 Å². The van der Waals surface area contributed by atoms with Crippen LogP contribution in [0, 0.1) is 13.8 Å². The summed E-state index contributed by atoms with van der Waals surface area (Å²) in [7, 11) is 0. The van der Waals surface area contributed by atoms with Gasteiger partial charge < -0.3 is 14.4 Å². The van der Waals surface area contributed by atoms with Crippen molar-refractivity contribution in [2.75, 3.05) is 6.54 Å². The zero-order valence-electron chi connectivity index (χ0n) is 22.7. The molecule has 5 heteroatoms. The number of carbonyl (C=O) groups is 2. The fraction of sp³-hybridized carbons (Fsp3) is 0.419. The molecular weight excluding hydrogens is 446 g/mol. The number of rotatable bonds is 11. The Bertz CT molecular complexity index is 1150. The molecule has 2 atom stereocenters. The second-order valence-electron chi connectivity index (χ2n) is 9.89. The van der Waals surface area contributed by atoms with Gasteiger partial charge in [-0.3, -0.25) is 9.59 Å². The number of nitrogens with zero attached hydrogens (tertiary/aromatic N) is 3. The molecule has 1 heterocycles. The lowest BCUT2D eigenvalue weighted by Crippen LogP contribution is -2.48. The van der Waals surface area contributed by atoms with Gasteiger partial charge in [-0.2, -0.15) is 0 Å². The summed E-state index contributed by atoms with van der Waals surface area (Å²) in [5.74, 6) is -0.113. The van der Waals surface area contributed by atoms with E-state index >= 15 is 0 Å². The topological polar surface area (TPSA) is 45.6 Å². The fourth-order valence-corrected chi connectivity index (χ4v) is 4.35. The summed E-state index contributed by atoms with van der Waals surface area (Å²) in [6, 6.07) is 20.1. The molecule has 0 N–H and O–H groups in total. The van der Waals surface area contributed by atoms with E-state index in [1.54, 1.807) is 4.90 Å². The van der Waals surface area contributed by atoms with Gasteiger partial charge >= 0.3 is 0 Å². The van der Waals surface area contributed by atoms with E-state index in [0.29, 0.717) is 12.1 Å². The lowest BCUT2D eigenvalue weighted by molar-refractivity contribution is -0.135. The highest BCUT2D eigenvalue weighted by Crippen LogP contribution is 2.18. The quantitative estimate of drug-likeness (QED) is 0.322. The Hall–Kier alpha value is -3.34.